The van der Waals surface area contributed by atoms with E-state index in [-0.39, 0.29) is 5.92 Å². The number of para-hydroxylation sites is 1. The fraction of sp³-hybridized carbons (Fsp3) is 0.217. The van der Waals surface area contributed by atoms with E-state index >= 15 is 0 Å². The van der Waals surface area contributed by atoms with Crippen LogP contribution in [0.2, 0.25) is 0 Å². The molecule has 0 aromatic heterocycles. The van der Waals surface area contributed by atoms with Gasteiger partial charge in [-0.25, -0.2) is 0 Å². The molecule has 134 valence electrons. The fourth-order valence-electron chi connectivity index (χ4n) is 3.01. The van der Waals surface area contributed by atoms with Crippen molar-refractivity contribution in [1.29, 1.82) is 0 Å². The number of rotatable bonds is 8. The molecule has 0 aliphatic carbocycles. The van der Waals surface area contributed by atoms with Crippen molar-refractivity contribution in [3.05, 3.63) is 90.0 Å². The van der Waals surface area contributed by atoms with Crippen molar-refractivity contribution in [2.24, 2.45) is 5.73 Å². The summed E-state index contributed by atoms with van der Waals surface area (Å²) in [6.07, 6.45) is 0.859. The Morgan fingerprint density at radius 2 is 1.54 bits per heavy atom. The quantitative estimate of drug-likeness (QED) is 0.612. The molecule has 0 aliphatic heterocycles. The third-order valence-electron chi connectivity index (χ3n) is 4.28. The van der Waals surface area contributed by atoms with Crippen LogP contribution in [-0.4, -0.2) is 13.2 Å². The first kappa shape index (κ1) is 18.0. The standard InChI is InChI=1S/C23H25NO2/c1-2-25-22-12-7-9-19(16-22)20(17-24)14-18-8-6-13-23(15-18)26-21-10-4-3-5-11-21/h3-13,15-16,20H,2,14,17,24H2,1H3. The van der Waals surface area contributed by atoms with Gasteiger partial charge in [0.1, 0.15) is 17.2 Å². The molecule has 0 bridgehead atoms. The highest BCUT2D eigenvalue weighted by Crippen LogP contribution is 2.27. The van der Waals surface area contributed by atoms with Crippen LogP contribution in [0.1, 0.15) is 24.0 Å². The van der Waals surface area contributed by atoms with Gasteiger partial charge in [0.15, 0.2) is 0 Å². The Hall–Kier alpha value is -2.78. The molecule has 3 nitrogen and oxygen atoms in total. The van der Waals surface area contributed by atoms with Crippen molar-refractivity contribution < 1.29 is 9.47 Å². The fourth-order valence-corrected chi connectivity index (χ4v) is 3.01. The zero-order valence-corrected chi connectivity index (χ0v) is 15.1. The van der Waals surface area contributed by atoms with Crippen LogP contribution in [-0.2, 0) is 6.42 Å². The molecule has 3 rings (SSSR count). The van der Waals surface area contributed by atoms with Gasteiger partial charge in [-0.05, 0) is 67.4 Å². The summed E-state index contributed by atoms with van der Waals surface area (Å²) in [5.41, 5.74) is 8.47. The van der Waals surface area contributed by atoms with Crippen LogP contribution in [0.3, 0.4) is 0 Å². The topological polar surface area (TPSA) is 44.5 Å². The predicted molar refractivity (Wildman–Crippen MR) is 106 cm³/mol. The Bertz CT molecular complexity index is 817. The van der Waals surface area contributed by atoms with E-state index in [2.05, 4.69) is 24.3 Å². The average Bonchev–Trinajstić information content (AvgIpc) is 2.68. The molecule has 0 saturated carbocycles. The van der Waals surface area contributed by atoms with E-state index < -0.39 is 0 Å². The van der Waals surface area contributed by atoms with Gasteiger partial charge in [0.25, 0.3) is 0 Å². The van der Waals surface area contributed by atoms with Crippen molar-refractivity contribution in [1.82, 2.24) is 0 Å². The lowest BCUT2D eigenvalue weighted by molar-refractivity contribution is 0.339. The van der Waals surface area contributed by atoms with E-state index in [1.807, 2.05) is 61.5 Å². The Morgan fingerprint density at radius 3 is 2.31 bits per heavy atom. The minimum Gasteiger partial charge on any atom is -0.494 e. The van der Waals surface area contributed by atoms with E-state index in [9.17, 15) is 0 Å². The molecule has 26 heavy (non-hydrogen) atoms. The third kappa shape index (κ3) is 4.87. The molecule has 0 radical (unpaired) electrons. The molecule has 3 aromatic carbocycles. The molecule has 0 fully saturated rings. The van der Waals surface area contributed by atoms with Gasteiger partial charge in [0.2, 0.25) is 0 Å². The highest BCUT2D eigenvalue weighted by molar-refractivity contribution is 5.36. The van der Waals surface area contributed by atoms with E-state index in [1.165, 1.54) is 11.1 Å². The number of hydrogen-bond donors (Lipinski definition) is 1. The average molecular weight is 347 g/mol. The third-order valence-corrected chi connectivity index (χ3v) is 4.28. The number of nitrogens with two attached hydrogens (primary N) is 1. The molecule has 1 unspecified atom stereocenters. The normalized spacial score (nSPS) is 11.8. The molecule has 0 heterocycles. The summed E-state index contributed by atoms with van der Waals surface area (Å²) in [6, 6.07) is 26.2. The molecule has 0 aliphatic rings. The lowest BCUT2D eigenvalue weighted by atomic mass is 9.92. The predicted octanol–water partition coefficient (Wildman–Crippen LogP) is 5.16. The summed E-state index contributed by atoms with van der Waals surface area (Å²) in [5, 5.41) is 0. The molecular weight excluding hydrogens is 322 g/mol. The van der Waals surface area contributed by atoms with Crippen molar-refractivity contribution in [2.75, 3.05) is 13.2 Å². The second-order valence-electron chi connectivity index (χ2n) is 6.20. The van der Waals surface area contributed by atoms with Crippen molar-refractivity contribution in [3.8, 4) is 17.2 Å². The van der Waals surface area contributed by atoms with Crippen molar-refractivity contribution in [2.45, 2.75) is 19.3 Å². The van der Waals surface area contributed by atoms with Gasteiger partial charge >= 0.3 is 0 Å². The van der Waals surface area contributed by atoms with E-state index in [1.54, 1.807) is 0 Å². The van der Waals surface area contributed by atoms with Crippen molar-refractivity contribution >= 4 is 0 Å². The molecule has 0 spiro atoms. The van der Waals surface area contributed by atoms with Gasteiger partial charge in [-0.1, -0.05) is 42.5 Å². The maximum absolute atomic E-state index is 6.07. The Labute approximate surface area is 155 Å². The second kappa shape index (κ2) is 9.07. The molecule has 3 aromatic rings. The summed E-state index contributed by atoms with van der Waals surface area (Å²) in [4.78, 5) is 0. The minimum atomic E-state index is 0.238. The largest absolute Gasteiger partial charge is 0.494 e. The smallest absolute Gasteiger partial charge is 0.127 e. The van der Waals surface area contributed by atoms with Crippen LogP contribution < -0.4 is 15.2 Å². The molecule has 2 N–H and O–H groups in total. The SMILES string of the molecule is CCOc1cccc(C(CN)Cc2cccc(Oc3ccccc3)c2)c1. The minimum absolute atomic E-state index is 0.238. The monoisotopic (exact) mass is 347 g/mol. The summed E-state index contributed by atoms with van der Waals surface area (Å²) in [7, 11) is 0. The molecule has 0 saturated heterocycles. The lowest BCUT2D eigenvalue weighted by Gasteiger charge is -2.17. The van der Waals surface area contributed by atoms with Gasteiger partial charge in [-0.3, -0.25) is 0 Å². The second-order valence-corrected chi connectivity index (χ2v) is 6.20. The summed E-state index contributed by atoms with van der Waals surface area (Å²) < 4.78 is 11.6. The first-order valence-corrected chi connectivity index (χ1v) is 9.03. The van der Waals surface area contributed by atoms with Gasteiger partial charge in [0.05, 0.1) is 6.61 Å². The van der Waals surface area contributed by atoms with Crippen molar-refractivity contribution in [3.63, 3.8) is 0 Å². The Kier molecular flexibility index (Phi) is 6.29. The zero-order chi connectivity index (χ0) is 18.2. The van der Waals surface area contributed by atoms with E-state index in [0.29, 0.717) is 13.2 Å². The molecule has 1 atom stereocenters. The summed E-state index contributed by atoms with van der Waals surface area (Å²) in [6.45, 7) is 3.24. The van der Waals surface area contributed by atoms with Crippen LogP contribution in [0.15, 0.2) is 78.9 Å². The van der Waals surface area contributed by atoms with Gasteiger partial charge < -0.3 is 15.2 Å². The molecular formula is C23H25NO2. The number of ether oxygens (including phenoxy) is 2. The van der Waals surface area contributed by atoms with Gasteiger partial charge in [0, 0.05) is 5.92 Å². The highest BCUT2D eigenvalue weighted by Gasteiger charge is 2.12. The van der Waals surface area contributed by atoms with E-state index in [4.69, 9.17) is 15.2 Å². The van der Waals surface area contributed by atoms with Crippen LogP contribution in [0.25, 0.3) is 0 Å². The Morgan fingerprint density at radius 1 is 0.808 bits per heavy atom. The first-order chi connectivity index (χ1) is 12.8. The maximum Gasteiger partial charge on any atom is 0.127 e. The van der Waals surface area contributed by atoms with Crippen LogP contribution >= 0.6 is 0 Å². The zero-order valence-electron chi connectivity index (χ0n) is 15.1. The number of hydrogen-bond acceptors (Lipinski definition) is 3. The highest BCUT2D eigenvalue weighted by atomic mass is 16.5. The van der Waals surface area contributed by atoms with Gasteiger partial charge in [-0.2, -0.15) is 0 Å². The Balaban J connectivity index is 1.74. The molecule has 3 heteroatoms. The maximum atomic E-state index is 6.07. The first-order valence-electron chi connectivity index (χ1n) is 9.03. The number of benzene rings is 3. The van der Waals surface area contributed by atoms with Gasteiger partial charge in [-0.15, -0.1) is 0 Å². The van der Waals surface area contributed by atoms with Crippen LogP contribution in [0, 0.1) is 0 Å². The summed E-state index contributed by atoms with van der Waals surface area (Å²) >= 11 is 0. The van der Waals surface area contributed by atoms with E-state index in [0.717, 1.165) is 23.7 Å². The molecule has 0 amide bonds. The summed E-state index contributed by atoms with van der Waals surface area (Å²) in [5.74, 6) is 2.81. The lowest BCUT2D eigenvalue weighted by Crippen LogP contribution is -2.15. The van der Waals surface area contributed by atoms with Crippen LogP contribution in [0.4, 0.5) is 0 Å². The van der Waals surface area contributed by atoms with Crippen LogP contribution in [0.5, 0.6) is 17.2 Å².